The Balaban J connectivity index is 1.54. The number of hydrogen-bond acceptors (Lipinski definition) is 5. The van der Waals surface area contributed by atoms with Crippen molar-refractivity contribution >= 4 is 29.1 Å². The second kappa shape index (κ2) is 14.8. The number of rotatable bonds is 14. The van der Waals surface area contributed by atoms with Gasteiger partial charge in [0.25, 0.3) is 0 Å². The Morgan fingerprint density at radius 3 is 2.54 bits per heavy atom. The number of amides is 1. The molecule has 0 radical (unpaired) electrons. The molecule has 1 aliphatic rings. The van der Waals surface area contributed by atoms with Crippen LogP contribution in [0.25, 0.3) is 0 Å². The molecule has 0 saturated carbocycles. The summed E-state index contributed by atoms with van der Waals surface area (Å²) in [6.45, 7) is 7.57. The van der Waals surface area contributed by atoms with E-state index in [-0.39, 0.29) is 24.5 Å². The van der Waals surface area contributed by atoms with Gasteiger partial charge in [-0.3, -0.25) is 9.69 Å². The van der Waals surface area contributed by atoms with E-state index in [1.54, 1.807) is 12.1 Å². The lowest BCUT2D eigenvalue weighted by atomic mass is 10.0. The number of likely N-dealkylation sites (tertiary alicyclic amines) is 1. The molecule has 1 fully saturated rings. The van der Waals surface area contributed by atoms with Crippen LogP contribution in [-0.2, 0) is 25.4 Å². The Morgan fingerprint density at radius 1 is 1.06 bits per heavy atom. The lowest BCUT2D eigenvalue weighted by Crippen LogP contribution is -2.39. The summed E-state index contributed by atoms with van der Waals surface area (Å²) < 4.78 is 16.8. The van der Waals surface area contributed by atoms with Crippen LogP contribution in [0, 0.1) is 0 Å². The number of likely N-dealkylation sites (N-methyl/N-ethyl adjacent to an activating group) is 1. The first-order valence-electron chi connectivity index (χ1n) is 12.2. The van der Waals surface area contributed by atoms with E-state index >= 15 is 0 Å². The third-order valence-corrected chi connectivity index (χ3v) is 6.94. The molecule has 1 saturated heterocycles. The first-order valence-corrected chi connectivity index (χ1v) is 13.0. The average molecular weight is 524 g/mol. The van der Waals surface area contributed by atoms with Crippen LogP contribution in [0.2, 0.25) is 10.0 Å². The van der Waals surface area contributed by atoms with Gasteiger partial charge in [0.2, 0.25) is 5.91 Å². The standard InChI is InChI=1S/C27H36Cl2N2O4/c1-3-33-13-14-34-15-16-35-23-11-12-31(19-23)20-26(22-7-5-4-6-8-22)30(2)27(32)18-21-9-10-24(28)25(29)17-21/h4-10,17,23,26H,3,11-16,18-20H2,1-2H3/t23-,26?/m0/s1. The summed E-state index contributed by atoms with van der Waals surface area (Å²) in [7, 11) is 1.88. The van der Waals surface area contributed by atoms with Crippen molar-refractivity contribution in [3.05, 3.63) is 69.7 Å². The highest BCUT2D eigenvalue weighted by Gasteiger charge is 2.29. The fraction of sp³-hybridized carbons (Fsp3) is 0.519. The molecular weight excluding hydrogens is 487 g/mol. The van der Waals surface area contributed by atoms with E-state index in [4.69, 9.17) is 37.4 Å². The van der Waals surface area contributed by atoms with Crippen molar-refractivity contribution in [3.8, 4) is 0 Å². The van der Waals surface area contributed by atoms with Gasteiger partial charge < -0.3 is 19.1 Å². The second-order valence-electron chi connectivity index (χ2n) is 8.71. The van der Waals surface area contributed by atoms with Gasteiger partial charge >= 0.3 is 0 Å². The lowest BCUT2D eigenvalue weighted by molar-refractivity contribution is -0.131. The summed E-state index contributed by atoms with van der Waals surface area (Å²) in [5.74, 6) is 0.0356. The van der Waals surface area contributed by atoms with Gasteiger partial charge in [0.15, 0.2) is 0 Å². The van der Waals surface area contributed by atoms with E-state index in [1.165, 1.54) is 0 Å². The van der Waals surface area contributed by atoms with Crippen LogP contribution >= 0.6 is 23.2 Å². The summed E-state index contributed by atoms with van der Waals surface area (Å²) in [5, 5.41) is 0.947. The molecule has 192 valence electrons. The third kappa shape index (κ3) is 9.05. The minimum atomic E-state index is -0.0629. The van der Waals surface area contributed by atoms with Crippen molar-refractivity contribution < 1.29 is 19.0 Å². The van der Waals surface area contributed by atoms with Gasteiger partial charge in [-0.1, -0.05) is 59.6 Å². The molecule has 0 bridgehead atoms. The molecule has 2 aromatic rings. The molecule has 2 atom stereocenters. The van der Waals surface area contributed by atoms with Crippen molar-refractivity contribution in [2.75, 3.05) is 59.7 Å². The van der Waals surface area contributed by atoms with E-state index in [0.717, 1.165) is 37.2 Å². The zero-order valence-electron chi connectivity index (χ0n) is 20.6. The predicted molar refractivity (Wildman–Crippen MR) is 140 cm³/mol. The molecule has 1 aliphatic heterocycles. The second-order valence-corrected chi connectivity index (χ2v) is 9.52. The van der Waals surface area contributed by atoms with Crippen molar-refractivity contribution in [2.24, 2.45) is 0 Å². The molecule has 1 unspecified atom stereocenters. The lowest BCUT2D eigenvalue weighted by Gasteiger charge is -2.32. The van der Waals surface area contributed by atoms with Crippen LogP contribution in [0.4, 0.5) is 0 Å². The first kappa shape index (κ1) is 27.9. The summed E-state index contributed by atoms with van der Waals surface area (Å²) >= 11 is 12.2. The predicted octanol–water partition coefficient (Wildman–Crippen LogP) is 4.88. The number of ether oxygens (including phenoxy) is 3. The molecule has 3 rings (SSSR count). The van der Waals surface area contributed by atoms with E-state index < -0.39 is 0 Å². The topological polar surface area (TPSA) is 51.2 Å². The summed E-state index contributed by atoms with van der Waals surface area (Å²) in [6.07, 6.45) is 1.42. The maximum Gasteiger partial charge on any atom is 0.227 e. The summed E-state index contributed by atoms with van der Waals surface area (Å²) in [6, 6.07) is 15.5. The normalized spacial score (nSPS) is 17.0. The van der Waals surface area contributed by atoms with E-state index in [2.05, 4.69) is 17.0 Å². The smallest absolute Gasteiger partial charge is 0.227 e. The van der Waals surface area contributed by atoms with Gasteiger partial charge in [-0.2, -0.15) is 0 Å². The first-order chi connectivity index (χ1) is 17.0. The molecule has 0 aromatic heterocycles. The Labute approximate surface area is 219 Å². The van der Waals surface area contributed by atoms with Gasteiger partial charge in [-0.15, -0.1) is 0 Å². The monoisotopic (exact) mass is 522 g/mol. The summed E-state index contributed by atoms with van der Waals surface area (Å²) in [5.41, 5.74) is 1.96. The zero-order valence-corrected chi connectivity index (χ0v) is 22.1. The quantitative estimate of drug-likeness (QED) is 0.331. The fourth-order valence-electron chi connectivity index (χ4n) is 4.23. The highest BCUT2D eigenvalue weighted by Crippen LogP contribution is 2.26. The van der Waals surface area contributed by atoms with Gasteiger partial charge in [0, 0.05) is 33.3 Å². The highest BCUT2D eigenvalue weighted by molar-refractivity contribution is 6.42. The number of carbonyl (C=O) groups is 1. The zero-order chi connectivity index (χ0) is 25.0. The van der Waals surface area contributed by atoms with Crippen LogP contribution in [0.1, 0.15) is 30.5 Å². The molecule has 8 heteroatoms. The Kier molecular flexibility index (Phi) is 11.8. The van der Waals surface area contributed by atoms with Crippen molar-refractivity contribution in [1.29, 1.82) is 0 Å². The van der Waals surface area contributed by atoms with E-state index in [0.29, 0.717) is 43.1 Å². The minimum Gasteiger partial charge on any atom is -0.379 e. The number of benzene rings is 2. The minimum absolute atomic E-state index is 0.0356. The van der Waals surface area contributed by atoms with Crippen molar-refractivity contribution in [2.45, 2.75) is 31.9 Å². The Hall–Kier alpha value is -1.67. The van der Waals surface area contributed by atoms with Gasteiger partial charge in [0.1, 0.15) is 0 Å². The third-order valence-electron chi connectivity index (χ3n) is 6.20. The molecule has 6 nitrogen and oxygen atoms in total. The fourth-order valence-corrected chi connectivity index (χ4v) is 4.55. The SMILES string of the molecule is CCOCCOCCO[C@H]1CCN(CC(c2ccccc2)N(C)C(=O)Cc2ccc(Cl)c(Cl)c2)C1. The molecule has 0 spiro atoms. The molecule has 1 heterocycles. The van der Waals surface area contributed by atoms with Crippen LogP contribution in [-0.4, -0.2) is 81.5 Å². The molecule has 0 aliphatic carbocycles. The largest absolute Gasteiger partial charge is 0.379 e. The molecule has 0 N–H and O–H groups in total. The van der Waals surface area contributed by atoms with E-state index in [1.807, 2.05) is 43.1 Å². The number of nitrogens with zero attached hydrogens (tertiary/aromatic N) is 2. The van der Waals surface area contributed by atoms with Crippen LogP contribution in [0.15, 0.2) is 48.5 Å². The van der Waals surface area contributed by atoms with Gasteiger partial charge in [-0.05, 0) is 36.6 Å². The molecule has 35 heavy (non-hydrogen) atoms. The highest BCUT2D eigenvalue weighted by atomic mass is 35.5. The van der Waals surface area contributed by atoms with Crippen LogP contribution < -0.4 is 0 Å². The van der Waals surface area contributed by atoms with Gasteiger partial charge in [0.05, 0.1) is 55.0 Å². The van der Waals surface area contributed by atoms with Crippen LogP contribution in [0.3, 0.4) is 0 Å². The maximum atomic E-state index is 13.2. The van der Waals surface area contributed by atoms with Crippen LogP contribution in [0.5, 0.6) is 0 Å². The number of carbonyl (C=O) groups excluding carboxylic acids is 1. The number of hydrogen-bond donors (Lipinski definition) is 0. The average Bonchev–Trinajstić information content (AvgIpc) is 3.31. The maximum absolute atomic E-state index is 13.2. The summed E-state index contributed by atoms with van der Waals surface area (Å²) in [4.78, 5) is 17.4. The van der Waals surface area contributed by atoms with Gasteiger partial charge in [-0.25, -0.2) is 0 Å². The number of halogens is 2. The molecule has 1 amide bonds. The van der Waals surface area contributed by atoms with Crippen molar-refractivity contribution in [3.63, 3.8) is 0 Å². The van der Waals surface area contributed by atoms with E-state index in [9.17, 15) is 4.79 Å². The van der Waals surface area contributed by atoms with Crippen molar-refractivity contribution in [1.82, 2.24) is 9.80 Å². The Morgan fingerprint density at radius 2 is 1.80 bits per heavy atom. The molecule has 2 aromatic carbocycles. The molecular formula is C27H36Cl2N2O4. The Bertz CT molecular complexity index is 915.